The summed E-state index contributed by atoms with van der Waals surface area (Å²) in [5, 5.41) is 14.9. The molecule has 2 unspecified atom stereocenters. The van der Waals surface area contributed by atoms with Gasteiger partial charge >= 0.3 is 5.97 Å². The van der Waals surface area contributed by atoms with Crippen molar-refractivity contribution in [1.29, 1.82) is 0 Å². The zero-order valence-corrected chi connectivity index (χ0v) is 15.3. The molecule has 1 aliphatic rings. The number of thiophene rings is 1. The summed E-state index contributed by atoms with van der Waals surface area (Å²) in [4.78, 5) is 27.6. The van der Waals surface area contributed by atoms with Crippen LogP contribution in [0.2, 0.25) is 0 Å². The van der Waals surface area contributed by atoms with Gasteiger partial charge < -0.3 is 10.0 Å². The van der Waals surface area contributed by atoms with E-state index in [0.29, 0.717) is 24.4 Å². The molecule has 0 aromatic carbocycles. The molecule has 1 aliphatic heterocycles. The summed E-state index contributed by atoms with van der Waals surface area (Å²) in [5.41, 5.74) is 0.998. The molecule has 0 saturated carbocycles. The van der Waals surface area contributed by atoms with Crippen molar-refractivity contribution in [2.24, 2.45) is 18.9 Å². The van der Waals surface area contributed by atoms with Crippen molar-refractivity contribution in [3.05, 3.63) is 16.6 Å². The maximum absolute atomic E-state index is 12.9. The molecule has 0 radical (unpaired) electrons. The lowest BCUT2D eigenvalue weighted by Gasteiger charge is -2.34. The second-order valence-corrected chi connectivity index (χ2v) is 8.11. The first-order chi connectivity index (χ1) is 11.3. The number of hydrogen-bond acceptors (Lipinski definition) is 4. The Labute approximate surface area is 145 Å². The molecule has 7 heteroatoms. The second-order valence-electron chi connectivity index (χ2n) is 7.08. The fourth-order valence-electron chi connectivity index (χ4n) is 3.45. The Morgan fingerprint density at radius 1 is 1.38 bits per heavy atom. The Kier molecular flexibility index (Phi) is 4.38. The molecule has 3 heterocycles. The Hall–Kier alpha value is -1.89. The van der Waals surface area contributed by atoms with Gasteiger partial charge in [0.15, 0.2) is 0 Å². The summed E-state index contributed by atoms with van der Waals surface area (Å²) in [6.45, 7) is 7.09. The average molecular weight is 349 g/mol. The van der Waals surface area contributed by atoms with Gasteiger partial charge in [-0.25, -0.2) is 0 Å². The fourth-order valence-corrected chi connectivity index (χ4v) is 4.50. The highest BCUT2D eigenvalue weighted by Gasteiger charge is 2.33. The van der Waals surface area contributed by atoms with E-state index in [2.05, 4.69) is 18.9 Å². The van der Waals surface area contributed by atoms with E-state index < -0.39 is 11.9 Å². The molecule has 2 aromatic rings. The van der Waals surface area contributed by atoms with Crippen LogP contribution >= 0.6 is 11.3 Å². The third kappa shape index (κ3) is 2.92. The van der Waals surface area contributed by atoms with E-state index in [9.17, 15) is 14.7 Å². The molecule has 1 fully saturated rings. The van der Waals surface area contributed by atoms with Gasteiger partial charge in [-0.3, -0.25) is 14.3 Å². The number of likely N-dealkylation sites (tertiary alicyclic amines) is 1. The van der Waals surface area contributed by atoms with Crippen LogP contribution in [0.1, 0.15) is 48.5 Å². The van der Waals surface area contributed by atoms with E-state index in [-0.39, 0.29) is 17.7 Å². The van der Waals surface area contributed by atoms with Crippen LogP contribution in [-0.4, -0.2) is 44.8 Å². The molecule has 1 amide bonds. The third-order valence-electron chi connectivity index (χ3n) is 4.59. The molecule has 6 nitrogen and oxygen atoms in total. The summed E-state index contributed by atoms with van der Waals surface area (Å²) in [5.74, 6) is -0.866. The van der Waals surface area contributed by atoms with Crippen LogP contribution in [0.15, 0.2) is 6.07 Å². The highest BCUT2D eigenvalue weighted by atomic mass is 32.1. The summed E-state index contributed by atoms with van der Waals surface area (Å²) in [7, 11) is 1.89. The van der Waals surface area contributed by atoms with Crippen LogP contribution < -0.4 is 0 Å². The van der Waals surface area contributed by atoms with Gasteiger partial charge in [0.05, 0.1) is 16.5 Å². The van der Waals surface area contributed by atoms with Crippen LogP contribution in [0.3, 0.4) is 0 Å². The Balaban J connectivity index is 1.91. The van der Waals surface area contributed by atoms with Crippen molar-refractivity contribution in [1.82, 2.24) is 14.7 Å². The van der Waals surface area contributed by atoms with Crippen LogP contribution in [0.5, 0.6) is 0 Å². The van der Waals surface area contributed by atoms with Crippen molar-refractivity contribution in [2.45, 2.75) is 33.1 Å². The number of fused-ring (bicyclic) bond motifs is 1. The van der Waals surface area contributed by atoms with E-state index >= 15 is 0 Å². The van der Waals surface area contributed by atoms with E-state index in [1.165, 1.54) is 11.3 Å². The molecule has 24 heavy (non-hydrogen) atoms. The van der Waals surface area contributed by atoms with Gasteiger partial charge in [-0.1, -0.05) is 20.8 Å². The highest BCUT2D eigenvalue weighted by Crippen LogP contribution is 2.33. The summed E-state index contributed by atoms with van der Waals surface area (Å²) >= 11 is 1.44. The van der Waals surface area contributed by atoms with Crippen LogP contribution in [0.4, 0.5) is 0 Å². The smallest absolute Gasteiger partial charge is 0.308 e. The van der Waals surface area contributed by atoms with Crippen molar-refractivity contribution < 1.29 is 14.7 Å². The fraction of sp³-hybridized carbons (Fsp3) is 0.588. The minimum absolute atomic E-state index is 0.0660. The minimum atomic E-state index is -0.818. The monoisotopic (exact) mass is 349 g/mol. The lowest BCUT2D eigenvalue weighted by atomic mass is 9.90. The molecular formula is C17H23N3O3S. The highest BCUT2D eigenvalue weighted by molar-refractivity contribution is 7.20. The second kappa shape index (κ2) is 6.20. The van der Waals surface area contributed by atoms with Crippen molar-refractivity contribution in [3.8, 4) is 0 Å². The molecule has 0 aliphatic carbocycles. The maximum Gasteiger partial charge on any atom is 0.308 e. The molecule has 2 aromatic heterocycles. The molecule has 3 rings (SSSR count). The summed E-state index contributed by atoms with van der Waals surface area (Å²) < 4.78 is 1.82. The number of carboxylic acid groups (broad SMARTS) is 1. The van der Waals surface area contributed by atoms with Gasteiger partial charge in [-0.05, 0) is 24.3 Å². The first-order valence-corrected chi connectivity index (χ1v) is 9.08. The van der Waals surface area contributed by atoms with Gasteiger partial charge in [0, 0.05) is 25.5 Å². The molecule has 1 saturated heterocycles. The third-order valence-corrected chi connectivity index (χ3v) is 5.78. The van der Waals surface area contributed by atoms with Crippen LogP contribution in [0, 0.1) is 11.8 Å². The van der Waals surface area contributed by atoms with E-state index in [1.54, 1.807) is 4.90 Å². The molecular weight excluding hydrogens is 326 g/mol. The number of rotatable bonds is 3. The van der Waals surface area contributed by atoms with Gasteiger partial charge in [-0.15, -0.1) is 11.3 Å². The summed E-state index contributed by atoms with van der Waals surface area (Å²) in [6, 6.07) is 1.92. The van der Waals surface area contributed by atoms with Crippen LogP contribution in [0.25, 0.3) is 10.2 Å². The first kappa shape index (κ1) is 17.0. The van der Waals surface area contributed by atoms with Crippen molar-refractivity contribution in [3.63, 3.8) is 0 Å². The largest absolute Gasteiger partial charge is 0.481 e. The number of carbonyl (C=O) groups is 2. The SMILES string of the molecule is CC1CC(C(=O)O)CN(C(=O)c2cc3c(C(C)C)nn(C)c3s2)C1. The molecule has 0 bridgehead atoms. The predicted molar refractivity (Wildman–Crippen MR) is 93.5 cm³/mol. The van der Waals surface area contributed by atoms with E-state index in [4.69, 9.17) is 0 Å². The van der Waals surface area contributed by atoms with Gasteiger partial charge in [0.25, 0.3) is 5.91 Å². The van der Waals surface area contributed by atoms with Gasteiger partial charge in [-0.2, -0.15) is 5.10 Å². The Morgan fingerprint density at radius 2 is 2.08 bits per heavy atom. The zero-order chi connectivity index (χ0) is 17.6. The number of carbonyl (C=O) groups excluding carboxylic acids is 1. The number of carboxylic acids is 1. The zero-order valence-electron chi connectivity index (χ0n) is 14.4. The molecule has 2 atom stereocenters. The molecule has 0 spiro atoms. The van der Waals surface area contributed by atoms with Gasteiger partial charge in [0.2, 0.25) is 0 Å². The Bertz CT molecular complexity index is 792. The topological polar surface area (TPSA) is 75.4 Å². The number of nitrogens with zero attached hydrogens (tertiary/aromatic N) is 3. The number of piperidine rings is 1. The number of aliphatic carboxylic acids is 1. The average Bonchev–Trinajstić information content (AvgIpc) is 3.06. The lowest BCUT2D eigenvalue weighted by Crippen LogP contribution is -2.45. The van der Waals surface area contributed by atoms with Crippen molar-refractivity contribution >= 4 is 33.4 Å². The molecule has 130 valence electrons. The number of hydrogen-bond donors (Lipinski definition) is 1. The maximum atomic E-state index is 12.9. The number of amides is 1. The lowest BCUT2D eigenvalue weighted by molar-refractivity contribution is -0.143. The Morgan fingerprint density at radius 3 is 2.71 bits per heavy atom. The molecule has 1 N–H and O–H groups in total. The van der Waals surface area contributed by atoms with E-state index in [0.717, 1.165) is 15.9 Å². The standard InChI is InChI=1S/C17H23N3O3S/c1-9(2)14-12-6-13(24-16(12)19(4)18-14)15(21)20-7-10(3)5-11(8-20)17(22)23/h6,9-11H,5,7-8H2,1-4H3,(H,22,23). The number of aromatic nitrogens is 2. The van der Waals surface area contributed by atoms with Crippen molar-refractivity contribution in [2.75, 3.05) is 13.1 Å². The quantitative estimate of drug-likeness (QED) is 0.924. The first-order valence-electron chi connectivity index (χ1n) is 8.26. The van der Waals surface area contributed by atoms with Crippen LogP contribution in [-0.2, 0) is 11.8 Å². The number of aryl methyl sites for hydroxylation is 1. The van der Waals surface area contributed by atoms with Gasteiger partial charge in [0.1, 0.15) is 4.83 Å². The predicted octanol–water partition coefficient (Wildman–Crippen LogP) is 2.94. The minimum Gasteiger partial charge on any atom is -0.481 e. The summed E-state index contributed by atoms with van der Waals surface area (Å²) in [6.07, 6.45) is 0.632. The van der Waals surface area contributed by atoms with E-state index in [1.807, 2.05) is 24.7 Å². The normalized spacial score (nSPS) is 21.6.